The van der Waals surface area contributed by atoms with E-state index in [1.165, 1.54) is 39.2 Å². The Bertz CT molecular complexity index is 520. The maximum absolute atomic E-state index is 11.6. The SMILES string of the molecule is COCO[C@](C)(CCC[C@@H](C)[C@H]1CCC2C(=CBr)CCC[C@@]21C)C(=O)O. The number of hydrogen-bond acceptors (Lipinski definition) is 3. The molecule has 0 amide bonds. The first-order chi connectivity index (χ1) is 12.3. The van der Waals surface area contributed by atoms with E-state index in [2.05, 4.69) is 34.8 Å². The maximum Gasteiger partial charge on any atom is 0.335 e. The summed E-state index contributed by atoms with van der Waals surface area (Å²) in [5, 5.41) is 9.50. The Kier molecular flexibility index (Phi) is 7.75. The smallest absolute Gasteiger partial charge is 0.335 e. The highest BCUT2D eigenvalue weighted by atomic mass is 79.9. The van der Waals surface area contributed by atoms with Crippen molar-refractivity contribution in [2.45, 2.75) is 77.7 Å². The van der Waals surface area contributed by atoms with E-state index in [1.807, 2.05) is 0 Å². The van der Waals surface area contributed by atoms with Gasteiger partial charge >= 0.3 is 5.97 Å². The first-order valence-corrected chi connectivity index (χ1v) is 10.9. The fraction of sp³-hybridized carbons (Fsp3) is 0.857. The molecule has 0 spiro atoms. The zero-order valence-corrected chi connectivity index (χ0v) is 18.3. The molecule has 1 unspecified atom stereocenters. The second-order valence-electron chi connectivity index (χ2n) is 8.74. The lowest BCUT2D eigenvalue weighted by atomic mass is 9.61. The molecule has 0 aromatic heterocycles. The fourth-order valence-corrected chi connectivity index (χ4v) is 6.09. The van der Waals surface area contributed by atoms with E-state index in [4.69, 9.17) is 9.47 Å². The predicted molar refractivity (Wildman–Crippen MR) is 107 cm³/mol. The van der Waals surface area contributed by atoms with Crippen LogP contribution in [0.25, 0.3) is 0 Å². The molecule has 2 fully saturated rings. The summed E-state index contributed by atoms with van der Waals surface area (Å²) in [5.41, 5.74) is 0.842. The minimum absolute atomic E-state index is 0.0163. The fourth-order valence-electron chi connectivity index (χ4n) is 5.54. The normalized spacial score (nSPS) is 33.7. The molecule has 0 radical (unpaired) electrons. The zero-order valence-electron chi connectivity index (χ0n) is 16.7. The highest BCUT2D eigenvalue weighted by molar-refractivity contribution is 9.11. The Labute approximate surface area is 166 Å². The van der Waals surface area contributed by atoms with Gasteiger partial charge in [0.15, 0.2) is 5.60 Å². The van der Waals surface area contributed by atoms with Crippen LogP contribution < -0.4 is 0 Å². The molecule has 26 heavy (non-hydrogen) atoms. The van der Waals surface area contributed by atoms with Gasteiger partial charge in [0.25, 0.3) is 0 Å². The largest absolute Gasteiger partial charge is 0.479 e. The lowest BCUT2D eigenvalue weighted by Gasteiger charge is -2.44. The first kappa shape index (κ1) is 21.9. The van der Waals surface area contributed by atoms with E-state index in [-0.39, 0.29) is 6.79 Å². The number of carboxylic acids is 1. The van der Waals surface area contributed by atoms with E-state index in [0.29, 0.717) is 17.8 Å². The van der Waals surface area contributed by atoms with E-state index in [0.717, 1.165) is 24.7 Å². The number of carbonyl (C=O) groups is 1. The van der Waals surface area contributed by atoms with E-state index in [9.17, 15) is 9.90 Å². The molecule has 0 bridgehead atoms. The van der Waals surface area contributed by atoms with Crippen molar-refractivity contribution >= 4 is 21.9 Å². The molecular formula is C21H35BrO4. The molecule has 2 saturated carbocycles. The number of methoxy groups -OCH3 is 1. The van der Waals surface area contributed by atoms with Crippen molar-refractivity contribution in [2.24, 2.45) is 23.2 Å². The number of allylic oxidation sites excluding steroid dienone is 1. The summed E-state index contributed by atoms with van der Waals surface area (Å²) in [4.78, 5) is 13.8. The monoisotopic (exact) mass is 430 g/mol. The second-order valence-corrected chi connectivity index (χ2v) is 9.19. The molecule has 0 heterocycles. The van der Waals surface area contributed by atoms with Gasteiger partial charge in [0, 0.05) is 7.11 Å². The van der Waals surface area contributed by atoms with Crippen LogP contribution in [-0.4, -0.2) is 30.6 Å². The van der Waals surface area contributed by atoms with Crippen molar-refractivity contribution in [2.75, 3.05) is 13.9 Å². The Morgan fingerprint density at radius 3 is 2.85 bits per heavy atom. The van der Waals surface area contributed by atoms with Crippen LogP contribution in [0.15, 0.2) is 10.6 Å². The first-order valence-electron chi connectivity index (χ1n) is 9.94. The summed E-state index contributed by atoms with van der Waals surface area (Å²) in [7, 11) is 1.52. The summed E-state index contributed by atoms with van der Waals surface area (Å²) in [5.74, 6) is 1.15. The molecule has 0 aliphatic heterocycles. The lowest BCUT2D eigenvalue weighted by molar-refractivity contribution is -0.179. The van der Waals surface area contributed by atoms with Gasteiger partial charge in [0.05, 0.1) is 0 Å². The van der Waals surface area contributed by atoms with Crippen molar-refractivity contribution in [3.05, 3.63) is 10.6 Å². The molecule has 5 atom stereocenters. The Morgan fingerprint density at radius 1 is 1.50 bits per heavy atom. The molecule has 0 aromatic rings. The van der Waals surface area contributed by atoms with Gasteiger partial charge < -0.3 is 14.6 Å². The summed E-state index contributed by atoms with van der Waals surface area (Å²) < 4.78 is 10.3. The Hall–Kier alpha value is -0.390. The van der Waals surface area contributed by atoms with Crippen molar-refractivity contribution in [3.8, 4) is 0 Å². The van der Waals surface area contributed by atoms with Gasteiger partial charge in [0.1, 0.15) is 6.79 Å². The van der Waals surface area contributed by atoms with Gasteiger partial charge in [-0.1, -0.05) is 41.8 Å². The summed E-state index contributed by atoms with van der Waals surface area (Å²) in [6.45, 7) is 6.52. The van der Waals surface area contributed by atoms with E-state index < -0.39 is 11.6 Å². The molecule has 5 heteroatoms. The number of halogens is 1. The van der Waals surface area contributed by atoms with Crippen LogP contribution in [0.2, 0.25) is 0 Å². The van der Waals surface area contributed by atoms with Crippen LogP contribution in [0.4, 0.5) is 0 Å². The third-order valence-electron chi connectivity index (χ3n) is 7.13. The van der Waals surface area contributed by atoms with Crippen molar-refractivity contribution in [1.29, 1.82) is 0 Å². The van der Waals surface area contributed by atoms with Crippen LogP contribution in [-0.2, 0) is 14.3 Å². The molecule has 0 saturated heterocycles. The van der Waals surface area contributed by atoms with Gasteiger partial charge in [-0.3, -0.25) is 0 Å². The molecular weight excluding hydrogens is 396 g/mol. The van der Waals surface area contributed by atoms with Crippen molar-refractivity contribution < 1.29 is 19.4 Å². The van der Waals surface area contributed by atoms with E-state index >= 15 is 0 Å². The summed E-state index contributed by atoms with van der Waals surface area (Å²) in [6, 6.07) is 0. The van der Waals surface area contributed by atoms with Gasteiger partial charge in [-0.25, -0.2) is 4.79 Å². The summed E-state index contributed by atoms with van der Waals surface area (Å²) in [6.07, 6.45) is 8.88. The molecule has 2 aliphatic carbocycles. The zero-order chi connectivity index (χ0) is 19.4. The van der Waals surface area contributed by atoms with E-state index in [1.54, 1.807) is 12.5 Å². The number of fused-ring (bicyclic) bond motifs is 1. The predicted octanol–water partition coefficient (Wildman–Crippen LogP) is 5.75. The van der Waals surface area contributed by atoms with Crippen molar-refractivity contribution in [1.82, 2.24) is 0 Å². The molecule has 1 N–H and O–H groups in total. The van der Waals surface area contributed by atoms with Crippen LogP contribution in [0.5, 0.6) is 0 Å². The average molecular weight is 431 g/mol. The van der Waals surface area contributed by atoms with Gasteiger partial charge in [-0.2, -0.15) is 0 Å². The van der Waals surface area contributed by atoms with Crippen LogP contribution >= 0.6 is 15.9 Å². The van der Waals surface area contributed by atoms with Gasteiger partial charge in [-0.05, 0) is 80.0 Å². The number of ether oxygens (including phenoxy) is 2. The second kappa shape index (κ2) is 9.20. The quantitative estimate of drug-likeness (QED) is 0.472. The van der Waals surface area contributed by atoms with Crippen molar-refractivity contribution in [3.63, 3.8) is 0 Å². The van der Waals surface area contributed by atoms with Gasteiger partial charge in [-0.15, -0.1) is 0 Å². The Balaban J connectivity index is 1.93. The number of aliphatic carboxylic acids is 1. The van der Waals surface area contributed by atoms with Gasteiger partial charge in [0.2, 0.25) is 0 Å². The topological polar surface area (TPSA) is 55.8 Å². The maximum atomic E-state index is 11.6. The average Bonchev–Trinajstić information content (AvgIpc) is 2.96. The number of rotatable bonds is 9. The molecule has 4 nitrogen and oxygen atoms in total. The molecule has 0 aromatic carbocycles. The molecule has 2 rings (SSSR count). The number of hydrogen-bond donors (Lipinski definition) is 1. The third kappa shape index (κ3) is 4.53. The van der Waals surface area contributed by atoms with Crippen LogP contribution in [0, 0.1) is 23.2 Å². The Morgan fingerprint density at radius 2 is 2.23 bits per heavy atom. The minimum atomic E-state index is -1.16. The standard InChI is InChI=1S/C21H35BrO4/c1-15(7-5-12-21(3,19(23)24)26-14-25-4)17-9-10-18-16(13-22)8-6-11-20(17,18)2/h13,15,17-18H,5-12,14H2,1-4H3,(H,23,24)/t15-,17-,18?,20-,21-/m1/s1. The number of carboxylic acid groups (broad SMARTS) is 1. The van der Waals surface area contributed by atoms with Crippen LogP contribution in [0.1, 0.15) is 72.1 Å². The highest BCUT2D eigenvalue weighted by Gasteiger charge is 2.50. The minimum Gasteiger partial charge on any atom is -0.479 e. The third-order valence-corrected chi connectivity index (χ3v) is 7.71. The molecule has 2 aliphatic rings. The highest BCUT2D eigenvalue weighted by Crippen LogP contribution is 2.60. The lowest BCUT2D eigenvalue weighted by Crippen LogP contribution is -2.39. The van der Waals surface area contributed by atoms with Crippen LogP contribution in [0.3, 0.4) is 0 Å². The summed E-state index contributed by atoms with van der Waals surface area (Å²) >= 11 is 3.58. The molecule has 150 valence electrons.